The molecule has 22 heavy (non-hydrogen) atoms. The fourth-order valence-corrected chi connectivity index (χ4v) is 1.77. The smallest absolute Gasteiger partial charge is 0.191 e. The van der Waals surface area contributed by atoms with Gasteiger partial charge in [0.1, 0.15) is 0 Å². The molecule has 0 radical (unpaired) electrons. The van der Waals surface area contributed by atoms with Crippen molar-refractivity contribution in [1.82, 2.24) is 10.6 Å². The summed E-state index contributed by atoms with van der Waals surface area (Å²) < 4.78 is 18.7. The molecule has 0 saturated heterocycles. The maximum atomic E-state index is 13.2. The van der Waals surface area contributed by atoms with E-state index in [1.54, 1.807) is 13.1 Å². The van der Waals surface area contributed by atoms with Gasteiger partial charge < -0.3 is 20.5 Å². The van der Waals surface area contributed by atoms with Gasteiger partial charge >= 0.3 is 0 Å². The zero-order valence-corrected chi connectivity index (χ0v) is 13.5. The van der Waals surface area contributed by atoms with Crippen molar-refractivity contribution in [1.29, 1.82) is 0 Å². The van der Waals surface area contributed by atoms with Crippen molar-refractivity contribution in [3.8, 4) is 5.75 Å². The number of nitrogens with one attached hydrogen (secondary N) is 2. The summed E-state index contributed by atoms with van der Waals surface area (Å²) in [5.74, 6) is 0.239. The Morgan fingerprint density at radius 3 is 2.77 bits per heavy atom. The number of phenols is 1. The molecule has 0 aliphatic rings. The number of aliphatic imine (C=N–C) groups is 1. The quantitative estimate of drug-likeness (QED) is 0.391. The normalized spacial score (nSPS) is 11.8. The van der Waals surface area contributed by atoms with Crippen LogP contribution in [-0.2, 0) is 11.3 Å². The summed E-state index contributed by atoms with van der Waals surface area (Å²) in [6, 6.07) is 4.31. The van der Waals surface area contributed by atoms with Gasteiger partial charge in [-0.3, -0.25) is 4.99 Å². The Morgan fingerprint density at radius 2 is 2.14 bits per heavy atom. The van der Waals surface area contributed by atoms with E-state index in [-0.39, 0.29) is 5.75 Å². The molecule has 0 aliphatic heterocycles. The molecule has 0 aliphatic carbocycles. The molecule has 0 aromatic heterocycles. The number of benzene rings is 1. The van der Waals surface area contributed by atoms with Gasteiger partial charge in [0.15, 0.2) is 17.5 Å². The molecule has 0 bridgehead atoms. The van der Waals surface area contributed by atoms with E-state index in [1.807, 2.05) is 0 Å². The predicted octanol–water partition coefficient (Wildman–Crippen LogP) is 2.26. The zero-order chi connectivity index (χ0) is 16.4. The second-order valence-electron chi connectivity index (χ2n) is 5.46. The van der Waals surface area contributed by atoms with Crippen LogP contribution >= 0.6 is 0 Å². The molecular formula is C16H26FN3O2. The van der Waals surface area contributed by atoms with Gasteiger partial charge in [0.05, 0.1) is 0 Å². The van der Waals surface area contributed by atoms with Crippen molar-refractivity contribution in [2.24, 2.45) is 10.9 Å². The van der Waals surface area contributed by atoms with E-state index in [1.165, 1.54) is 12.1 Å². The minimum atomic E-state index is -0.621. The lowest BCUT2D eigenvalue weighted by Gasteiger charge is -2.12. The summed E-state index contributed by atoms with van der Waals surface area (Å²) in [5.41, 5.74) is 0.735. The summed E-state index contributed by atoms with van der Waals surface area (Å²) in [6.45, 7) is 6.92. The summed E-state index contributed by atoms with van der Waals surface area (Å²) in [7, 11) is 1.68. The van der Waals surface area contributed by atoms with Crippen molar-refractivity contribution in [2.75, 3.05) is 26.8 Å². The summed E-state index contributed by atoms with van der Waals surface area (Å²) >= 11 is 0. The Kier molecular flexibility index (Phi) is 8.28. The van der Waals surface area contributed by atoms with E-state index < -0.39 is 5.82 Å². The van der Waals surface area contributed by atoms with Gasteiger partial charge in [-0.2, -0.15) is 0 Å². The molecule has 124 valence electrons. The molecule has 1 aromatic carbocycles. The highest BCUT2D eigenvalue weighted by Gasteiger charge is 2.03. The molecule has 3 N–H and O–H groups in total. The number of halogens is 1. The number of ether oxygens (including phenoxy) is 1. The van der Waals surface area contributed by atoms with Crippen molar-refractivity contribution in [3.63, 3.8) is 0 Å². The summed E-state index contributed by atoms with van der Waals surface area (Å²) in [6.07, 6.45) is 0.890. The lowest BCUT2D eigenvalue weighted by atomic mass is 10.2. The molecule has 0 atom stereocenters. The highest BCUT2D eigenvalue weighted by Crippen LogP contribution is 2.15. The van der Waals surface area contributed by atoms with E-state index in [2.05, 4.69) is 29.5 Å². The van der Waals surface area contributed by atoms with Gasteiger partial charge in [-0.05, 0) is 30.0 Å². The molecule has 1 rings (SSSR count). The lowest BCUT2D eigenvalue weighted by molar-refractivity contribution is 0.108. The van der Waals surface area contributed by atoms with Gasteiger partial charge in [-0.1, -0.05) is 19.9 Å². The van der Waals surface area contributed by atoms with Gasteiger partial charge in [0, 0.05) is 33.4 Å². The lowest BCUT2D eigenvalue weighted by Crippen LogP contribution is -2.37. The highest BCUT2D eigenvalue weighted by atomic mass is 19.1. The number of nitrogens with zero attached hydrogens (tertiary/aromatic N) is 1. The molecule has 0 amide bonds. The van der Waals surface area contributed by atoms with Crippen LogP contribution < -0.4 is 10.6 Å². The van der Waals surface area contributed by atoms with Crippen LogP contribution in [-0.4, -0.2) is 37.9 Å². The second-order valence-corrected chi connectivity index (χ2v) is 5.46. The SMILES string of the molecule is CN=C(NCCCOCC(C)C)NCc1ccc(O)c(F)c1. The number of hydrogen-bond acceptors (Lipinski definition) is 3. The Labute approximate surface area is 131 Å². The molecule has 5 nitrogen and oxygen atoms in total. The molecule has 1 aromatic rings. The number of rotatable bonds is 8. The zero-order valence-electron chi connectivity index (χ0n) is 13.5. The minimum absolute atomic E-state index is 0.340. The van der Waals surface area contributed by atoms with Crippen LogP contribution in [0.1, 0.15) is 25.8 Å². The molecule has 0 spiro atoms. The average molecular weight is 311 g/mol. The van der Waals surface area contributed by atoms with Crippen molar-refractivity contribution in [2.45, 2.75) is 26.8 Å². The van der Waals surface area contributed by atoms with Gasteiger partial charge in [-0.15, -0.1) is 0 Å². The summed E-state index contributed by atoms with van der Waals surface area (Å²) in [4.78, 5) is 4.10. The molecule has 0 saturated carbocycles. The van der Waals surface area contributed by atoms with Crippen LogP contribution in [0.3, 0.4) is 0 Å². The molecule has 0 fully saturated rings. The van der Waals surface area contributed by atoms with Gasteiger partial charge in [0.2, 0.25) is 0 Å². The molecule has 6 heteroatoms. The van der Waals surface area contributed by atoms with Crippen molar-refractivity contribution in [3.05, 3.63) is 29.6 Å². The van der Waals surface area contributed by atoms with E-state index >= 15 is 0 Å². The van der Waals surface area contributed by atoms with Crippen LogP contribution in [0.2, 0.25) is 0 Å². The molecule has 0 unspecified atom stereocenters. The first-order chi connectivity index (χ1) is 10.5. The standard InChI is InChI=1S/C16H26FN3O2/c1-12(2)11-22-8-4-7-19-16(18-3)20-10-13-5-6-15(21)14(17)9-13/h5-6,9,12,21H,4,7-8,10-11H2,1-3H3,(H2,18,19,20). The molecular weight excluding hydrogens is 285 g/mol. The summed E-state index contributed by atoms with van der Waals surface area (Å²) in [5, 5.41) is 15.4. The third kappa shape index (κ3) is 7.26. The maximum absolute atomic E-state index is 13.2. The van der Waals surface area contributed by atoms with Crippen LogP contribution in [0.4, 0.5) is 4.39 Å². The third-order valence-electron chi connectivity index (χ3n) is 2.90. The van der Waals surface area contributed by atoms with E-state index in [9.17, 15) is 4.39 Å². The van der Waals surface area contributed by atoms with Gasteiger partial charge in [0.25, 0.3) is 0 Å². The number of aromatic hydroxyl groups is 1. The second kappa shape index (κ2) is 10.00. The van der Waals surface area contributed by atoms with Crippen LogP contribution in [0, 0.1) is 11.7 Å². The largest absolute Gasteiger partial charge is 0.505 e. The van der Waals surface area contributed by atoms with E-state index in [0.717, 1.165) is 25.1 Å². The maximum Gasteiger partial charge on any atom is 0.191 e. The van der Waals surface area contributed by atoms with E-state index in [4.69, 9.17) is 9.84 Å². The first-order valence-corrected chi connectivity index (χ1v) is 7.52. The monoisotopic (exact) mass is 311 g/mol. The van der Waals surface area contributed by atoms with Crippen molar-refractivity contribution < 1.29 is 14.2 Å². The third-order valence-corrected chi connectivity index (χ3v) is 2.90. The topological polar surface area (TPSA) is 65.9 Å². The van der Waals surface area contributed by atoms with E-state index in [0.29, 0.717) is 25.0 Å². The Hall–Kier alpha value is -1.82. The van der Waals surface area contributed by atoms with Crippen LogP contribution in [0.25, 0.3) is 0 Å². The minimum Gasteiger partial charge on any atom is -0.505 e. The van der Waals surface area contributed by atoms with Crippen LogP contribution in [0.5, 0.6) is 5.75 Å². The van der Waals surface area contributed by atoms with Crippen molar-refractivity contribution >= 4 is 5.96 Å². The average Bonchev–Trinajstić information content (AvgIpc) is 2.49. The fourth-order valence-electron chi connectivity index (χ4n) is 1.77. The predicted molar refractivity (Wildman–Crippen MR) is 86.5 cm³/mol. The van der Waals surface area contributed by atoms with Gasteiger partial charge in [-0.25, -0.2) is 4.39 Å². The Morgan fingerprint density at radius 1 is 1.36 bits per heavy atom. The fraction of sp³-hybridized carbons (Fsp3) is 0.562. The first-order valence-electron chi connectivity index (χ1n) is 7.52. The Balaban J connectivity index is 2.23. The number of phenolic OH excluding ortho intramolecular Hbond substituents is 1. The van der Waals surface area contributed by atoms with Crippen LogP contribution in [0.15, 0.2) is 23.2 Å². The highest BCUT2D eigenvalue weighted by molar-refractivity contribution is 5.79. The Bertz CT molecular complexity index is 478. The number of hydrogen-bond donors (Lipinski definition) is 3. The number of guanidine groups is 1. The molecule has 0 heterocycles. The first kappa shape index (κ1) is 18.2.